The normalized spacial score (nSPS) is 17.6. The van der Waals surface area contributed by atoms with Crippen LogP contribution >= 0.6 is 0 Å². The first kappa shape index (κ1) is 26.6. The molecule has 3 heterocycles. The monoisotopic (exact) mass is 520 g/mol. The van der Waals surface area contributed by atoms with Gasteiger partial charge in [-0.3, -0.25) is 9.59 Å². The predicted molar refractivity (Wildman–Crippen MR) is 148 cm³/mol. The molecule has 2 aromatic heterocycles. The molecule has 1 saturated carbocycles. The van der Waals surface area contributed by atoms with Crippen molar-refractivity contribution in [2.75, 3.05) is 13.2 Å². The molecule has 1 aromatic carbocycles. The molecule has 0 bridgehead atoms. The van der Waals surface area contributed by atoms with E-state index < -0.39 is 0 Å². The summed E-state index contributed by atoms with van der Waals surface area (Å²) >= 11 is 0. The average Bonchev–Trinajstić information content (AvgIpc) is 3.23. The summed E-state index contributed by atoms with van der Waals surface area (Å²) in [7, 11) is 0. The Hall–Kier alpha value is -2.97. The number of aryl methyl sites for hydroxylation is 1. The van der Waals surface area contributed by atoms with Crippen LogP contribution in [0.4, 0.5) is 0 Å². The van der Waals surface area contributed by atoms with Gasteiger partial charge >= 0.3 is 5.97 Å². The third-order valence-corrected chi connectivity index (χ3v) is 7.82. The van der Waals surface area contributed by atoms with Crippen LogP contribution in [0.15, 0.2) is 35.3 Å². The zero-order chi connectivity index (χ0) is 26.6. The van der Waals surface area contributed by atoms with Crippen LogP contribution in [0.3, 0.4) is 0 Å². The standard InChI is InChI=1S/C30H40N4O4/c1-19(2)13-26(30(36)38-24-5-4-6-24)31-16-22-7-8-27-25(15-22)33-28(23-14-20(3)29(35)32-17-23)34(27)18-21-9-11-37-12-10-21/h7-8,14-15,17,19,21,24,26,31H,4-6,9-13,16,18H2,1-3H3,(H,32,35). The van der Waals surface area contributed by atoms with E-state index in [9.17, 15) is 9.59 Å². The van der Waals surface area contributed by atoms with Crippen molar-refractivity contribution in [3.8, 4) is 11.4 Å². The summed E-state index contributed by atoms with van der Waals surface area (Å²) in [4.78, 5) is 32.7. The number of ether oxygens (including phenoxy) is 2. The second-order valence-corrected chi connectivity index (χ2v) is 11.4. The van der Waals surface area contributed by atoms with Crippen molar-refractivity contribution in [2.24, 2.45) is 11.8 Å². The van der Waals surface area contributed by atoms with Crippen molar-refractivity contribution in [3.05, 3.63) is 51.9 Å². The summed E-state index contributed by atoms with van der Waals surface area (Å²) < 4.78 is 13.6. The number of hydrogen-bond donors (Lipinski definition) is 2. The Kier molecular flexibility index (Phi) is 8.29. The number of imidazole rings is 1. The lowest BCUT2D eigenvalue weighted by atomic mass is 9.96. The minimum Gasteiger partial charge on any atom is -0.461 e. The highest BCUT2D eigenvalue weighted by Crippen LogP contribution is 2.29. The molecular formula is C30H40N4O4. The number of rotatable bonds is 10. The first-order valence-electron chi connectivity index (χ1n) is 14.1. The first-order chi connectivity index (χ1) is 18.4. The molecule has 1 saturated heterocycles. The molecular weight excluding hydrogens is 480 g/mol. The van der Waals surface area contributed by atoms with Crippen LogP contribution in [0.1, 0.15) is 63.5 Å². The van der Waals surface area contributed by atoms with Crippen LogP contribution in [0, 0.1) is 18.8 Å². The van der Waals surface area contributed by atoms with Crippen molar-refractivity contribution < 1.29 is 14.3 Å². The van der Waals surface area contributed by atoms with Gasteiger partial charge in [-0.15, -0.1) is 0 Å². The predicted octanol–water partition coefficient (Wildman–Crippen LogP) is 4.73. The molecule has 1 aliphatic carbocycles. The van der Waals surface area contributed by atoms with Crippen LogP contribution in [0.25, 0.3) is 22.4 Å². The lowest BCUT2D eigenvalue weighted by Gasteiger charge is -2.28. The first-order valence-corrected chi connectivity index (χ1v) is 14.1. The quantitative estimate of drug-likeness (QED) is 0.375. The van der Waals surface area contributed by atoms with E-state index >= 15 is 0 Å². The largest absolute Gasteiger partial charge is 0.461 e. The molecule has 5 rings (SSSR count). The number of fused-ring (bicyclic) bond motifs is 1. The third kappa shape index (κ3) is 6.18. The van der Waals surface area contributed by atoms with Crippen molar-refractivity contribution in [3.63, 3.8) is 0 Å². The van der Waals surface area contributed by atoms with Crippen molar-refractivity contribution in [2.45, 2.75) is 84.5 Å². The minimum absolute atomic E-state index is 0.0824. The van der Waals surface area contributed by atoms with Crippen LogP contribution < -0.4 is 10.9 Å². The van der Waals surface area contributed by atoms with E-state index in [2.05, 4.69) is 46.9 Å². The van der Waals surface area contributed by atoms with Gasteiger partial charge in [0.15, 0.2) is 0 Å². The molecule has 2 N–H and O–H groups in total. The Morgan fingerprint density at radius 2 is 2.00 bits per heavy atom. The van der Waals surface area contributed by atoms with E-state index in [1.807, 2.05) is 13.0 Å². The fourth-order valence-corrected chi connectivity index (χ4v) is 5.31. The van der Waals surface area contributed by atoms with Gasteiger partial charge in [0.25, 0.3) is 5.56 Å². The zero-order valence-corrected chi connectivity index (χ0v) is 22.8. The molecule has 0 spiro atoms. The van der Waals surface area contributed by atoms with E-state index in [1.165, 1.54) is 0 Å². The Bertz CT molecular complexity index is 1320. The zero-order valence-electron chi connectivity index (χ0n) is 22.8. The molecule has 8 heteroatoms. The molecule has 2 fully saturated rings. The van der Waals surface area contributed by atoms with Gasteiger partial charge in [-0.25, -0.2) is 4.98 Å². The molecule has 204 valence electrons. The number of nitrogens with one attached hydrogen (secondary N) is 2. The summed E-state index contributed by atoms with van der Waals surface area (Å²) in [5.74, 6) is 1.62. The Labute approximate surface area is 224 Å². The number of nitrogens with zero attached hydrogens (tertiary/aromatic N) is 2. The van der Waals surface area contributed by atoms with E-state index in [-0.39, 0.29) is 23.7 Å². The maximum atomic E-state index is 12.8. The van der Waals surface area contributed by atoms with Gasteiger partial charge in [0.2, 0.25) is 0 Å². The summed E-state index contributed by atoms with van der Waals surface area (Å²) in [5.41, 5.74) is 4.54. The van der Waals surface area contributed by atoms with Gasteiger partial charge in [-0.1, -0.05) is 19.9 Å². The SMILES string of the molecule is Cc1cc(-c2nc3cc(CNC(CC(C)C)C(=O)OC4CCC4)ccc3n2CC2CCOCC2)c[nH]c1=O. The lowest BCUT2D eigenvalue weighted by Crippen LogP contribution is -2.41. The fraction of sp³-hybridized carbons (Fsp3) is 0.567. The Balaban J connectivity index is 1.40. The molecule has 8 nitrogen and oxygen atoms in total. The van der Waals surface area contributed by atoms with Gasteiger partial charge in [-0.2, -0.15) is 0 Å². The van der Waals surface area contributed by atoms with E-state index in [0.717, 1.165) is 86.3 Å². The van der Waals surface area contributed by atoms with Crippen molar-refractivity contribution in [1.82, 2.24) is 19.9 Å². The van der Waals surface area contributed by atoms with Crippen LogP contribution in [-0.4, -0.2) is 45.9 Å². The molecule has 38 heavy (non-hydrogen) atoms. The van der Waals surface area contributed by atoms with Crippen LogP contribution in [0.5, 0.6) is 0 Å². The number of pyridine rings is 1. The molecule has 2 aliphatic rings. The Morgan fingerprint density at radius 1 is 1.21 bits per heavy atom. The molecule has 1 aliphatic heterocycles. The summed E-state index contributed by atoms with van der Waals surface area (Å²) in [5, 5.41) is 3.46. The maximum absolute atomic E-state index is 12.8. The highest BCUT2D eigenvalue weighted by molar-refractivity contribution is 5.81. The van der Waals surface area contributed by atoms with Gasteiger partial charge in [0.05, 0.1) is 11.0 Å². The number of hydrogen-bond acceptors (Lipinski definition) is 6. The molecule has 1 atom stereocenters. The topological polar surface area (TPSA) is 98.2 Å². The van der Waals surface area contributed by atoms with E-state index in [1.54, 1.807) is 6.20 Å². The average molecular weight is 521 g/mol. The number of benzene rings is 1. The van der Waals surface area contributed by atoms with Gasteiger partial charge in [0, 0.05) is 43.6 Å². The third-order valence-electron chi connectivity index (χ3n) is 7.82. The summed E-state index contributed by atoms with van der Waals surface area (Å²) in [6, 6.07) is 7.94. The molecule has 0 amide bonds. The number of aromatic nitrogens is 3. The minimum atomic E-state index is -0.322. The summed E-state index contributed by atoms with van der Waals surface area (Å²) in [6.45, 7) is 9.08. The smallest absolute Gasteiger partial charge is 0.323 e. The highest BCUT2D eigenvalue weighted by Gasteiger charge is 2.27. The van der Waals surface area contributed by atoms with Crippen molar-refractivity contribution >= 4 is 17.0 Å². The number of carbonyl (C=O) groups excluding carboxylic acids is 1. The van der Waals surface area contributed by atoms with Crippen LogP contribution in [0.2, 0.25) is 0 Å². The number of H-pyrrole nitrogens is 1. The number of carbonyl (C=O) groups is 1. The lowest BCUT2D eigenvalue weighted by molar-refractivity contribution is -0.156. The highest BCUT2D eigenvalue weighted by atomic mass is 16.5. The number of aromatic amines is 1. The van der Waals surface area contributed by atoms with Gasteiger partial charge in [-0.05, 0) is 81.0 Å². The summed E-state index contributed by atoms with van der Waals surface area (Å²) in [6.07, 6.45) is 7.73. The van der Waals surface area contributed by atoms with Crippen LogP contribution in [-0.2, 0) is 27.4 Å². The molecule has 0 radical (unpaired) electrons. The second kappa shape index (κ2) is 11.8. The fourth-order valence-electron chi connectivity index (χ4n) is 5.31. The Morgan fingerprint density at radius 3 is 2.68 bits per heavy atom. The van der Waals surface area contributed by atoms with E-state index in [0.29, 0.717) is 23.9 Å². The second-order valence-electron chi connectivity index (χ2n) is 11.4. The number of esters is 1. The molecule has 1 unspecified atom stereocenters. The molecule has 3 aromatic rings. The van der Waals surface area contributed by atoms with Crippen molar-refractivity contribution in [1.29, 1.82) is 0 Å². The van der Waals surface area contributed by atoms with Gasteiger partial charge in [0.1, 0.15) is 18.0 Å². The van der Waals surface area contributed by atoms with Gasteiger partial charge < -0.3 is 24.3 Å². The maximum Gasteiger partial charge on any atom is 0.323 e. The van der Waals surface area contributed by atoms with E-state index in [4.69, 9.17) is 14.5 Å².